The minimum absolute atomic E-state index is 0.0625. The van der Waals surface area contributed by atoms with Gasteiger partial charge in [0.05, 0.1) is 0 Å². The summed E-state index contributed by atoms with van der Waals surface area (Å²) in [4.78, 5) is 106. The molecular weight excluding hydrogens is 869 g/mol. The zero-order valence-electron chi connectivity index (χ0n) is 39.3. The number of hydrogen-bond acceptors (Lipinski definition) is 9. The molecule has 1 aliphatic heterocycles. The maximum atomic E-state index is 14.7. The van der Waals surface area contributed by atoms with Crippen LogP contribution in [0.2, 0.25) is 0 Å². The summed E-state index contributed by atoms with van der Waals surface area (Å²) in [7, 11) is 0. The van der Waals surface area contributed by atoms with Gasteiger partial charge in [-0.05, 0) is 87.4 Å². The van der Waals surface area contributed by atoms with E-state index in [1.54, 1.807) is 6.20 Å². The Hall–Kier alpha value is -6.50. The smallest absolute Gasteiger partial charge is 0.243 e. The number of rotatable bonds is 17. The normalized spacial score (nSPS) is 22.1. The molecule has 2 aliphatic rings. The van der Waals surface area contributed by atoms with Gasteiger partial charge in [-0.15, -0.1) is 0 Å². The number of benzene rings is 2. The number of hydrogen-bond donors (Lipinski definition) is 11. The van der Waals surface area contributed by atoms with E-state index in [2.05, 4.69) is 47.2 Å². The largest absolute Gasteiger partial charge is 0.370 e. The van der Waals surface area contributed by atoms with Crippen molar-refractivity contribution in [3.63, 3.8) is 0 Å². The fraction of sp³-hybridized carbons (Fsp3) is 0.551. The number of nitrogens with one attached hydrogen (secondary N) is 8. The van der Waals surface area contributed by atoms with E-state index < -0.39 is 77.6 Å². The van der Waals surface area contributed by atoms with Crippen LogP contribution in [0.1, 0.15) is 108 Å². The quantitative estimate of drug-likeness (QED) is 0.0524. The number of unbranched alkanes of at least 4 members (excludes halogenated alkanes) is 1. The Morgan fingerprint density at radius 2 is 1.35 bits per heavy atom. The van der Waals surface area contributed by atoms with Crippen LogP contribution >= 0.6 is 0 Å². The Labute approximate surface area is 398 Å². The molecule has 0 unspecified atom stereocenters. The molecule has 1 saturated carbocycles. The van der Waals surface area contributed by atoms with Gasteiger partial charge in [-0.2, -0.15) is 0 Å². The summed E-state index contributed by atoms with van der Waals surface area (Å²) >= 11 is 0. The number of carbonyl (C=O) groups excluding carboxylic acids is 7. The fourth-order valence-electron chi connectivity index (χ4n) is 8.99. The maximum absolute atomic E-state index is 14.7. The molecule has 68 heavy (non-hydrogen) atoms. The number of guanidine groups is 1. The van der Waals surface area contributed by atoms with Crippen molar-refractivity contribution in [2.75, 3.05) is 19.6 Å². The fourth-order valence-corrected chi connectivity index (χ4v) is 8.99. The molecule has 0 bridgehead atoms. The lowest BCUT2D eigenvalue weighted by Gasteiger charge is -2.30. The molecule has 0 spiro atoms. The van der Waals surface area contributed by atoms with E-state index >= 15 is 0 Å². The van der Waals surface area contributed by atoms with Crippen LogP contribution in [0.4, 0.5) is 0 Å². The highest BCUT2D eigenvalue weighted by atomic mass is 16.2. The first kappa shape index (κ1) is 52.5. The second-order valence-electron chi connectivity index (χ2n) is 18.1. The Bertz CT molecular complexity index is 2170. The van der Waals surface area contributed by atoms with Gasteiger partial charge in [0.1, 0.15) is 36.3 Å². The molecular formula is C49H72N12O7. The molecule has 19 heteroatoms. The highest BCUT2D eigenvalue weighted by Crippen LogP contribution is 2.28. The monoisotopic (exact) mass is 941 g/mol. The topological polar surface area (TPSA) is 310 Å². The number of nitrogens with zero attached hydrogens (tertiary/aromatic N) is 1. The van der Waals surface area contributed by atoms with Gasteiger partial charge >= 0.3 is 0 Å². The summed E-state index contributed by atoms with van der Waals surface area (Å²) < 4.78 is 0. The number of aromatic amines is 1. The van der Waals surface area contributed by atoms with Gasteiger partial charge in [-0.3, -0.25) is 38.6 Å². The van der Waals surface area contributed by atoms with Crippen LogP contribution in [0.5, 0.6) is 0 Å². The molecule has 2 fully saturated rings. The average Bonchev–Trinajstić information content (AvgIpc) is 3.73. The maximum Gasteiger partial charge on any atom is 0.243 e. The summed E-state index contributed by atoms with van der Waals surface area (Å²) in [6.07, 6.45) is 9.63. The molecule has 1 aromatic heterocycles. The molecule has 6 atom stereocenters. The van der Waals surface area contributed by atoms with Gasteiger partial charge in [-0.1, -0.05) is 80.6 Å². The molecule has 7 amide bonds. The molecule has 19 nitrogen and oxygen atoms in total. The third kappa shape index (κ3) is 17.0. The van der Waals surface area contributed by atoms with E-state index in [1.165, 1.54) is 6.92 Å². The highest BCUT2D eigenvalue weighted by Gasteiger charge is 2.35. The molecule has 1 aliphatic carbocycles. The number of para-hydroxylation sites is 1. The van der Waals surface area contributed by atoms with Crippen molar-refractivity contribution in [1.82, 2.24) is 42.2 Å². The van der Waals surface area contributed by atoms with E-state index in [-0.39, 0.29) is 57.1 Å². The molecule has 2 heterocycles. The minimum atomic E-state index is -1.17. The molecule has 14 N–H and O–H groups in total. The van der Waals surface area contributed by atoms with E-state index in [1.807, 2.05) is 54.6 Å². The van der Waals surface area contributed by atoms with Crippen LogP contribution in [-0.4, -0.2) is 108 Å². The zero-order valence-corrected chi connectivity index (χ0v) is 39.3. The second-order valence-corrected chi connectivity index (χ2v) is 18.1. The molecule has 5 rings (SSSR count). The first-order valence-corrected chi connectivity index (χ1v) is 24.2. The molecule has 3 aromatic rings. The molecule has 0 radical (unpaired) electrons. The average molecular weight is 941 g/mol. The minimum Gasteiger partial charge on any atom is -0.370 e. The molecule has 2 aromatic carbocycles. The van der Waals surface area contributed by atoms with E-state index in [0.29, 0.717) is 45.1 Å². The first-order valence-electron chi connectivity index (χ1n) is 24.2. The van der Waals surface area contributed by atoms with Crippen LogP contribution in [-0.2, 0) is 46.4 Å². The highest BCUT2D eigenvalue weighted by molar-refractivity contribution is 5.97. The summed E-state index contributed by atoms with van der Waals surface area (Å²) in [5.74, 6) is -3.90. The van der Waals surface area contributed by atoms with Crippen LogP contribution in [0.15, 0.2) is 65.8 Å². The van der Waals surface area contributed by atoms with Crippen molar-refractivity contribution in [3.8, 4) is 0 Å². The first-order chi connectivity index (χ1) is 32.8. The number of nitrogens with two attached hydrogens (primary N) is 3. The Balaban J connectivity index is 1.49. The second kappa shape index (κ2) is 27.3. The van der Waals surface area contributed by atoms with Crippen molar-refractivity contribution in [2.45, 2.75) is 146 Å². The van der Waals surface area contributed by atoms with Crippen molar-refractivity contribution < 1.29 is 33.6 Å². The summed E-state index contributed by atoms with van der Waals surface area (Å²) in [6.45, 7) is 2.02. The van der Waals surface area contributed by atoms with Gasteiger partial charge in [-0.25, -0.2) is 0 Å². The Morgan fingerprint density at radius 1 is 0.721 bits per heavy atom. The van der Waals surface area contributed by atoms with Crippen LogP contribution in [0, 0.1) is 5.92 Å². The van der Waals surface area contributed by atoms with Crippen molar-refractivity contribution in [1.29, 1.82) is 0 Å². The van der Waals surface area contributed by atoms with Crippen molar-refractivity contribution >= 4 is 58.2 Å². The van der Waals surface area contributed by atoms with E-state index in [9.17, 15) is 33.6 Å². The van der Waals surface area contributed by atoms with Gasteiger partial charge in [0.15, 0.2) is 5.96 Å². The lowest BCUT2D eigenvalue weighted by molar-refractivity contribution is -0.135. The van der Waals surface area contributed by atoms with Crippen LogP contribution in [0.3, 0.4) is 0 Å². The zero-order chi connectivity index (χ0) is 48.8. The lowest BCUT2D eigenvalue weighted by atomic mass is 9.84. The van der Waals surface area contributed by atoms with Gasteiger partial charge in [0.25, 0.3) is 0 Å². The number of carbonyl (C=O) groups is 7. The third-order valence-electron chi connectivity index (χ3n) is 12.6. The predicted molar refractivity (Wildman–Crippen MR) is 260 cm³/mol. The van der Waals surface area contributed by atoms with Crippen molar-refractivity contribution in [3.05, 3.63) is 71.9 Å². The lowest BCUT2D eigenvalue weighted by Crippen LogP contribution is -2.60. The van der Waals surface area contributed by atoms with Crippen molar-refractivity contribution in [2.24, 2.45) is 28.1 Å². The molecule has 370 valence electrons. The number of H-pyrrole nitrogens is 1. The van der Waals surface area contributed by atoms with Gasteiger partial charge in [0, 0.05) is 50.0 Å². The third-order valence-corrected chi connectivity index (χ3v) is 12.6. The molecule has 1 saturated heterocycles. The number of fused-ring (bicyclic) bond motifs is 1. The van der Waals surface area contributed by atoms with Gasteiger partial charge < -0.3 is 59.4 Å². The summed E-state index contributed by atoms with van der Waals surface area (Å²) in [5, 5.41) is 21.0. The number of aromatic nitrogens is 1. The van der Waals surface area contributed by atoms with E-state index in [4.69, 9.17) is 17.2 Å². The predicted octanol–water partition coefficient (Wildman–Crippen LogP) is 1.33. The van der Waals surface area contributed by atoms with Crippen LogP contribution in [0.25, 0.3) is 10.9 Å². The summed E-state index contributed by atoms with van der Waals surface area (Å²) in [5.41, 5.74) is 19.4. The number of amides is 7. The summed E-state index contributed by atoms with van der Waals surface area (Å²) in [6, 6.07) is 10.2. The number of aliphatic imine (C=N–C) groups is 1. The Kier molecular flexibility index (Phi) is 21.1. The van der Waals surface area contributed by atoms with E-state index in [0.717, 1.165) is 54.1 Å². The van der Waals surface area contributed by atoms with Crippen LogP contribution < -0.4 is 54.4 Å². The Morgan fingerprint density at radius 3 is 2.09 bits per heavy atom. The SMILES string of the molecule is CC(=O)N[C@@H](Cc1ccccc1)C(=O)N[C@H]1CCCCNC(=O)[C@H](CCCN=C(N)N)NC(=O)[C@H](Cc2c[nH]c3ccccc23)NC(=O)[C@@H](CC2CCCCC2)NC(=O)[C@H](CCCCN)NC1=O. The standard InChI is InChI=1S/C49H72N12O7/c1-31(62)56-40(27-32-15-4-2-5-16-32)46(66)59-39-22-11-13-25-53-43(63)37(23-14-26-54-49(51)52)57-48(68)42(29-34-30-55-36-20-9-8-19-35(34)36)61-47(67)41(28-33-17-6-3-7-18-33)60-45(65)38(58-44(39)64)21-10-12-24-50/h2,4-5,8-9,15-16,19-20,30,33,37-42,55H,3,6-7,10-14,17-18,21-29,50H2,1H3,(H,53,63)(H,56,62)(H,57,68)(H,58,64)(H,59,66)(H,60,65)(H,61,67)(H4,51,52,54)/t37-,38-,39-,40-,41+,42-/m0/s1. The van der Waals surface area contributed by atoms with Gasteiger partial charge in [0.2, 0.25) is 41.4 Å².